The standard InChI is InChI=1S/C35H28N2O4/c1-21-20-29-35(26-13-7-8-14-27(26)36-34(35)40)30(32(38)22-10-4-3-5-11-22)31(37(29)28-15-9-6-12-25(21)28)33(39)23-16-18-24(41-2)19-17-23/h3-20,29-31H,1-2H3,(H,36,40)/t29-,30+,31-,35-/m0/s1. The lowest BCUT2D eigenvalue weighted by Crippen LogP contribution is -2.51. The zero-order chi connectivity index (χ0) is 28.3. The maximum atomic E-state index is 14.7. The van der Waals surface area contributed by atoms with Crippen molar-refractivity contribution < 1.29 is 19.1 Å². The Hall–Kier alpha value is -4.97. The van der Waals surface area contributed by atoms with E-state index in [4.69, 9.17) is 4.74 Å². The molecule has 3 aliphatic heterocycles. The predicted molar refractivity (Wildman–Crippen MR) is 158 cm³/mol. The molecule has 202 valence electrons. The largest absolute Gasteiger partial charge is 0.497 e. The summed E-state index contributed by atoms with van der Waals surface area (Å²) in [5.41, 5.74) is 3.82. The van der Waals surface area contributed by atoms with Gasteiger partial charge in [0.05, 0.1) is 19.1 Å². The second-order valence-corrected chi connectivity index (χ2v) is 10.8. The van der Waals surface area contributed by atoms with Gasteiger partial charge in [0.2, 0.25) is 5.91 Å². The molecule has 1 saturated heterocycles. The molecule has 6 nitrogen and oxygen atoms in total. The highest BCUT2D eigenvalue weighted by Gasteiger charge is 2.70. The van der Waals surface area contributed by atoms with Crippen molar-refractivity contribution in [2.75, 3.05) is 17.3 Å². The van der Waals surface area contributed by atoms with E-state index < -0.39 is 23.4 Å². The third-order valence-electron chi connectivity index (χ3n) is 8.87. The van der Waals surface area contributed by atoms with Crippen molar-refractivity contribution >= 4 is 34.4 Å². The van der Waals surface area contributed by atoms with Gasteiger partial charge in [-0.05, 0) is 54.5 Å². The van der Waals surface area contributed by atoms with Crippen LogP contribution in [-0.4, -0.2) is 36.7 Å². The Balaban J connectivity index is 1.54. The summed E-state index contributed by atoms with van der Waals surface area (Å²) in [5.74, 6) is -1.09. The molecule has 3 heterocycles. The molecule has 0 unspecified atom stereocenters. The van der Waals surface area contributed by atoms with Crippen LogP contribution in [0.25, 0.3) is 5.57 Å². The Kier molecular flexibility index (Phi) is 5.68. The molecule has 41 heavy (non-hydrogen) atoms. The summed E-state index contributed by atoms with van der Waals surface area (Å²) >= 11 is 0. The van der Waals surface area contributed by atoms with E-state index in [-0.39, 0.29) is 17.5 Å². The molecule has 1 amide bonds. The maximum Gasteiger partial charge on any atom is 0.238 e. The molecule has 3 aliphatic rings. The van der Waals surface area contributed by atoms with E-state index in [1.807, 2.05) is 78.6 Å². The molecule has 0 aromatic heterocycles. The Morgan fingerprint density at radius 3 is 2.22 bits per heavy atom. The normalized spacial score (nSPS) is 23.8. The van der Waals surface area contributed by atoms with Crippen LogP contribution in [0.2, 0.25) is 0 Å². The topological polar surface area (TPSA) is 75.7 Å². The van der Waals surface area contributed by atoms with E-state index in [9.17, 15) is 14.4 Å². The number of nitrogens with one attached hydrogen (secondary N) is 1. The van der Waals surface area contributed by atoms with Crippen LogP contribution in [0, 0.1) is 5.92 Å². The SMILES string of the molecule is COc1ccc(C(=O)[C@@H]2[C@H](C(=O)c3ccccc3)[C@@]3(C(=O)Nc4ccccc43)[C@@H]3C=C(C)c4ccccc4N23)cc1. The van der Waals surface area contributed by atoms with Gasteiger partial charge in [0.15, 0.2) is 11.6 Å². The molecule has 0 aliphatic carbocycles. The summed E-state index contributed by atoms with van der Waals surface area (Å²) in [5, 5.41) is 3.08. The van der Waals surface area contributed by atoms with Crippen LogP contribution >= 0.6 is 0 Å². The average Bonchev–Trinajstić information content (AvgIpc) is 3.49. The maximum absolute atomic E-state index is 14.7. The lowest BCUT2D eigenvalue weighted by Gasteiger charge is -2.39. The van der Waals surface area contributed by atoms with Crippen molar-refractivity contribution in [2.45, 2.75) is 24.4 Å². The minimum Gasteiger partial charge on any atom is -0.497 e. The number of benzene rings is 4. The summed E-state index contributed by atoms with van der Waals surface area (Å²) < 4.78 is 5.33. The molecule has 0 radical (unpaired) electrons. The lowest BCUT2D eigenvalue weighted by molar-refractivity contribution is -0.121. The number of hydrogen-bond donors (Lipinski definition) is 1. The first-order valence-electron chi connectivity index (χ1n) is 13.7. The van der Waals surface area contributed by atoms with Gasteiger partial charge in [0.1, 0.15) is 17.2 Å². The number of carbonyl (C=O) groups excluding carboxylic acids is 3. The van der Waals surface area contributed by atoms with E-state index in [1.165, 1.54) is 0 Å². The molecule has 1 N–H and O–H groups in total. The molecule has 6 heteroatoms. The van der Waals surface area contributed by atoms with Gasteiger partial charge in [-0.1, -0.05) is 72.8 Å². The number of hydrogen-bond acceptors (Lipinski definition) is 5. The average molecular weight is 541 g/mol. The number of allylic oxidation sites excluding steroid dienone is 1. The number of ether oxygens (including phenoxy) is 1. The molecule has 4 aromatic carbocycles. The van der Waals surface area contributed by atoms with E-state index in [1.54, 1.807) is 43.5 Å². The second kappa shape index (κ2) is 9.30. The third kappa shape index (κ3) is 3.46. The number of Topliss-reactive ketones (excluding diaryl/α,β-unsaturated/α-hetero) is 2. The van der Waals surface area contributed by atoms with Gasteiger partial charge in [-0.15, -0.1) is 0 Å². The predicted octanol–water partition coefficient (Wildman–Crippen LogP) is 5.94. The minimum atomic E-state index is -1.33. The van der Waals surface area contributed by atoms with E-state index >= 15 is 0 Å². The monoisotopic (exact) mass is 540 g/mol. The smallest absolute Gasteiger partial charge is 0.238 e. The van der Waals surface area contributed by atoms with Gasteiger partial charge >= 0.3 is 0 Å². The van der Waals surface area contributed by atoms with Crippen LogP contribution in [0.4, 0.5) is 11.4 Å². The zero-order valence-electron chi connectivity index (χ0n) is 22.7. The molecule has 4 aromatic rings. The number of anilines is 2. The number of nitrogens with zero attached hydrogens (tertiary/aromatic N) is 1. The Morgan fingerprint density at radius 2 is 1.46 bits per heavy atom. The summed E-state index contributed by atoms with van der Waals surface area (Å²) in [7, 11) is 1.58. The number of rotatable bonds is 5. The first-order chi connectivity index (χ1) is 20.0. The number of amides is 1. The molecular weight excluding hydrogens is 512 g/mol. The molecule has 7 rings (SSSR count). The first kappa shape index (κ1) is 25.0. The molecule has 1 spiro atoms. The van der Waals surface area contributed by atoms with Crippen molar-refractivity contribution in [1.82, 2.24) is 0 Å². The highest BCUT2D eigenvalue weighted by Crippen LogP contribution is 2.58. The molecular formula is C35H28N2O4. The number of methoxy groups -OCH3 is 1. The van der Waals surface area contributed by atoms with Gasteiger partial charge in [-0.25, -0.2) is 0 Å². The van der Waals surface area contributed by atoms with Crippen molar-refractivity contribution in [3.63, 3.8) is 0 Å². The lowest BCUT2D eigenvalue weighted by atomic mass is 9.64. The molecule has 0 saturated carbocycles. The van der Waals surface area contributed by atoms with Crippen LogP contribution in [0.5, 0.6) is 5.75 Å². The molecule has 4 atom stereocenters. The fraction of sp³-hybridized carbons (Fsp3) is 0.171. The van der Waals surface area contributed by atoms with E-state index in [0.717, 1.165) is 22.4 Å². The van der Waals surface area contributed by atoms with E-state index in [2.05, 4.69) is 11.4 Å². The van der Waals surface area contributed by atoms with Crippen LogP contribution in [0.1, 0.15) is 38.8 Å². The highest BCUT2D eigenvalue weighted by atomic mass is 16.5. The van der Waals surface area contributed by atoms with Gasteiger partial charge in [-0.2, -0.15) is 0 Å². The molecule has 1 fully saturated rings. The summed E-state index contributed by atoms with van der Waals surface area (Å²) in [6, 6.07) is 29.9. The van der Waals surface area contributed by atoms with Crippen molar-refractivity contribution in [2.24, 2.45) is 5.92 Å². The summed E-state index contributed by atoms with van der Waals surface area (Å²) in [6.07, 6.45) is 2.07. The van der Waals surface area contributed by atoms with Gasteiger partial charge in [0, 0.05) is 28.1 Å². The van der Waals surface area contributed by atoms with Crippen LogP contribution < -0.4 is 15.0 Å². The van der Waals surface area contributed by atoms with Crippen molar-refractivity contribution in [3.05, 3.63) is 131 Å². The first-order valence-corrected chi connectivity index (χ1v) is 13.7. The van der Waals surface area contributed by atoms with Crippen LogP contribution in [0.3, 0.4) is 0 Å². The molecule has 0 bridgehead atoms. The summed E-state index contributed by atoms with van der Waals surface area (Å²) in [4.78, 5) is 45.9. The zero-order valence-corrected chi connectivity index (χ0v) is 22.7. The second-order valence-electron chi connectivity index (χ2n) is 10.8. The number of fused-ring (bicyclic) bond motifs is 6. The van der Waals surface area contributed by atoms with Gasteiger partial charge in [-0.3, -0.25) is 14.4 Å². The fourth-order valence-electron chi connectivity index (χ4n) is 7.10. The Morgan fingerprint density at radius 1 is 0.805 bits per heavy atom. The van der Waals surface area contributed by atoms with Crippen molar-refractivity contribution in [3.8, 4) is 5.75 Å². The van der Waals surface area contributed by atoms with E-state index in [0.29, 0.717) is 22.6 Å². The van der Waals surface area contributed by atoms with Gasteiger partial charge < -0.3 is 15.0 Å². The highest BCUT2D eigenvalue weighted by molar-refractivity contribution is 6.18. The quantitative estimate of drug-likeness (QED) is 0.317. The minimum absolute atomic E-state index is 0.219. The van der Waals surface area contributed by atoms with Crippen molar-refractivity contribution in [1.29, 1.82) is 0 Å². The van der Waals surface area contributed by atoms with Gasteiger partial charge in [0.25, 0.3) is 0 Å². The number of para-hydroxylation sites is 2. The van der Waals surface area contributed by atoms with Crippen LogP contribution in [-0.2, 0) is 10.2 Å². The number of ketones is 2. The third-order valence-corrected chi connectivity index (χ3v) is 8.87. The fourth-order valence-corrected chi connectivity index (χ4v) is 7.10. The summed E-state index contributed by atoms with van der Waals surface area (Å²) in [6.45, 7) is 2.02. The Bertz CT molecular complexity index is 1740. The van der Waals surface area contributed by atoms with Crippen LogP contribution in [0.15, 0.2) is 109 Å². The number of carbonyl (C=O) groups is 3. The Labute approximate surface area is 238 Å².